The van der Waals surface area contributed by atoms with Crippen molar-refractivity contribution in [2.75, 3.05) is 13.1 Å². The molecule has 0 aromatic heterocycles. The SMILES string of the molecule is CCCNC(N)=NCc1ccc(S(=O)(=O)NCC(C)C)cc1. The van der Waals surface area contributed by atoms with Gasteiger partial charge in [-0.3, -0.25) is 0 Å². The van der Waals surface area contributed by atoms with Gasteiger partial charge in [-0.1, -0.05) is 32.9 Å². The van der Waals surface area contributed by atoms with Gasteiger partial charge in [-0.2, -0.15) is 0 Å². The number of nitrogens with two attached hydrogens (primary N) is 1. The average molecular weight is 326 g/mol. The van der Waals surface area contributed by atoms with Gasteiger partial charge in [0.05, 0.1) is 11.4 Å². The van der Waals surface area contributed by atoms with Gasteiger partial charge in [0, 0.05) is 13.1 Å². The fraction of sp³-hybridized carbons (Fsp3) is 0.533. The highest BCUT2D eigenvalue weighted by atomic mass is 32.2. The minimum atomic E-state index is -3.44. The molecular formula is C15H26N4O2S. The Hall–Kier alpha value is -1.60. The molecule has 0 unspecified atom stereocenters. The van der Waals surface area contributed by atoms with Crippen LogP contribution in [0.5, 0.6) is 0 Å². The van der Waals surface area contributed by atoms with Gasteiger partial charge in [0.15, 0.2) is 5.96 Å². The summed E-state index contributed by atoms with van der Waals surface area (Å²) in [4.78, 5) is 4.46. The Kier molecular flexibility index (Phi) is 7.34. The lowest BCUT2D eigenvalue weighted by molar-refractivity contribution is 0.560. The zero-order chi connectivity index (χ0) is 16.6. The summed E-state index contributed by atoms with van der Waals surface area (Å²) in [5.74, 6) is 0.666. The van der Waals surface area contributed by atoms with Gasteiger partial charge in [-0.15, -0.1) is 0 Å². The molecule has 0 fully saturated rings. The van der Waals surface area contributed by atoms with Crippen molar-refractivity contribution in [1.29, 1.82) is 0 Å². The number of nitrogens with zero attached hydrogens (tertiary/aromatic N) is 1. The van der Waals surface area contributed by atoms with E-state index in [-0.39, 0.29) is 10.8 Å². The Morgan fingerprint density at radius 3 is 2.45 bits per heavy atom. The fourth-order valence-corrected chi connectivity index (χ4v) is 2.83. The molecule has 0 aliphatic carbocycles. The molecule has 0 amide bonds. The van der Waals surface area contributed by atoms with Gasteiger partial charge in [0.25, 0.3) is 0 Å². The number of aliphatic imine (C=N–C) groups is 1. The summed E-state index contributed by atoms with van der Waals surface area (Å²) in [7, 11) is -3.44. The van der Waals surface area contributed by atoms with Crippen molar-refractivity contribution in [3.05, 3.63) is 29.8 Å². The highest BCUT2D eigenvalue weighted by molar-refractivity contribution is 7.89. The third-order valence-electron chi connectivity index (χ3n) is 2.90. The molecule has 0 bridgehead atoms. The molecule has 0 aliphatic rings. The molecule has 0 atom stereocenters. The summed E-state index contributed by atoms with van der Waals surface area (Å²) in [6.07, 6.45) is 0.978. The van der Waals surface area contributed by atoms with Gasteiger partial charge in [-0.05, 0) is 30.0 Å². The summed E-state index contributed by atoms with van der Waals surface area (Å²) >= 11 is 0. The van der Waals surface area contributed by atoms with E-state index in [2.05, 4.69) is 15.0 Å². The van der Waals surface area contributed by atoms with Crippen molar-refractivity contribution in [3.8, 4) is 0 Å². The minimum Gasteiger partial charge on any atom is -0.370 e. The van der Waals surface area contributed by atoms with Crippen molar-refractivity contribution in [3.63, 3.8) is 0 Å². The van der Waals surface area contributed by atoms with Crippen LogP contribution in [0.4, 0.5) is 0 Å². The molecule has 4 N–H and O–H groups in total. The lowest BCUT2D eigenvalue weighted by Crippen LogP contribution is -2.32. The summed E-state index contributed by atoms with van der Waals surface area (Å²) in [5, 5.41) is 2.99. The highest BCUT2D eigenvalue weighted by Crippen LogP contribution is 2.11. The average Bonchev–Trinajstić information content (AvgIpc) is 2.49. The Morgan fingerprint density at radius 2 is 1.91 bits per heavy atom. The van der Waals surface area contributed by atoms with Crippen LogP contribution < -0.4 is 15.8 Å². The van der Waals surface area contributed by atoms with Crippen molar-refractivity contribution in [1.82, 2.24) is 10.0 Å². The van der Waals surface area contributed by atoms with Crippen LogP contribution in [-0.2, 0) is 16.6 Å². The molecular weight excluding hydrogens is 300 g/mol. The topological polar surface area (TPSA) is 96.6 Å². The van der Waals surface area contributed by atoms with Crippen molar-refractivity contribution >= 4 is 16.0 Å². The van der Waals surface area contributed by atoms with Crippen LogP contribution in [0.1, 0.15) is 32.8 Å². The molecule has 124 valence electrons. The molecule has 1 aromatic rings. The second kappa shape index (κ2) is 8.75. The maximum atomic E-state index is 12.1. The van der Waals surface area contributed by atoms with E-state index in [1.807, 2.05) is 20.8 Å². The molecule has 0 radical (unpaired) electrons. The van der Waals surface area contributed by atoms with Crippen LogP contribution in [0.25, 0.3) is 0 Å². The predicted octanol–water partition coefficient (Wildman–Crippen LogP) is 1.44. The van der Waals surface area contributed by atoms with E-state index in [0.29, 0.717) is 19.0 Å². The molecule has 6 nitrogen and oxygen atoms in total. The lowest BCUT2D eigenvalue weighted by Gasteiger charge is -2.09. The van der Waals surface area contributed by atoms with Crippen LogP contribution in [-0.4, -0.2) is 27.5 Å². The van der Waals surface area contributed by atoms with E-state index in [0.717, 1.165) is 18.5 Å². The predicted molar refractivity (Wildman–Crippen MR) is 90.1 cm³/mol. The van der Waals surface area contributed by atoms with Gasteiger partial charge in [-0.25, -0.2) is 18.1 Å². The lowest BCUT2D eigenvalue weighted by atomic mass is 10.2. The minimum absolute atomic E-state index is 0.262. The molecule has 22 heavy (non-hydrogen) atoms. The van der Waals surface area contributed by atoms with E-state index >= 15 is 0 Å². The van der Waals surface area contributed by atoms with Crippen molar-refractivity contribution in [2.24, 2.45) is 16.6 Å². The Bertz CT molecular complexity index is 580. The first-order chi connectivity index (χ1) is 10.3. The second-order valence-corrected chi connectivity index (χ2v) is 7.28. The van der Waals surface area contributed by atoms with Gasteiger partial charge in [0.1, 0.15) is 0 Å². The largest absolute Gasteiger partial charge is 0.370 e. The monoisotopic (exact) mass is 326 g/mol. The zero-order valence-electron chi connectivity index (χ0n) is 13.5. The van der Waals surface area contributed by atoms with Gasteiger partial charge in [0.2, 0.25) is 10.0 Å². The maximum absolute atomic E-state index is 12.1. The Morgan fingerprint density at radius 1 is 1.27 bits per heavy atom. The number of guanidine groups is 1. The summed E-state index contributed by atoms with van der Waals surface area (Å²) in [5.41, 5.74) is 6.61. The number of nitrogens with one attached hydrogen (secondary N) is 2. The summed E-state index contributed by atoms with van der Waals surface area (Å²) < 4.78 is 26.7. The summed E-state index contributed by atoms with van der Waals surface area (Å²) in [6.45, 7) is 7.60. The Balaban J connectivity index is 2.66. The maximum Gasteiger partial charge on any atom is 0.240 e. The fourth-order valence-electron chi connectivity index (χ4n) is 1.62. The van der Waals surface area contributed by atoms with E-state index < -0.39 is 10.0 Å². The number of rotatable bonds is 8. The normalized spacial score (nSPS) is 12.6. The van der Waals surface area contributed by atoms with Crippen LogP contribution in [0, 0.1) is 5.92 Å². The summed E-state index contributed by atoms with van der Waals surface area (Å²) in [6, 6.07) is 6.67. The van der Waals surface area contributed by atoms with E-state index in [1.165, 1.54) is 0 Å². The molecule has 0 saturated carbocycles. The molecule has 0 saturated heterocycles. The number of hydrogen-bond acceptors (Lipinski definition) is 3. The van der Waals surface area contributed by atoms with E-state index in [4.69, 9.17) is 5.73 Å². The smallest absolute Gasteiger partial charge is 0.240 e. The first-order valence-electron chi connectivity index (χ1n) is 7.47. The van der Waals surface area contributed by atoms with E-state index in [9.17, 15) is 8.42 Å². The third kappa shape index (κ3) is 6.44. The van der Waals surface area contributed by atoms with Crippen LogP contribution in [0.2, 0.25) is 0 Å². The molecule has 0 spiro atoms. The molecule has 0 heterocycles. The number of hydrogen-bond donors (Lipinski definition) is 3. The molecule has 0 aliphatic heterocycles. The number of benzene rings is 1. The first-order valence-corrected chi connectivity index (χ1v) is 8.96. The second-order valence-electron chi connectivity index (χ2n) is 5.52. The van der Waals surface area contributed by atoms with Gasteiger partial charge < -0.3 is 11.1 Å². The molecule has 1 aromatic carbocycles. The molecule has 7 heteroatoms. The van der Waals surface area contributed by atoms with Gasteiger partial charge >= 0.3 is 0 Å². The standard InChI is InChI=1S/C15H26N4O2S/c1-4-9-17-15(16)18-11-13-5-7-14(8-6-13)22(20,21)19-10-12(2)3/h5-8,12,19H,4,9-11H2,1-3H3,(H3,16,17,18). The number of sulfonamides is 1. The van der Waals surface area contributed by atoms with Crippen LogP contribution >= 0.6 is 0 Å². The Labute approximate surface area is 133 Å². The highest BCUT2D eigenvalue weighted by Gasteiger charge is 2.13. The van der Waals surface area contributed by atoms with E-state index in [1.54, 1.807) is 24.3 Å². The first kappa shape index (κ1) is 18.4. The third-order valence-corrected chi connectivity index (χ3v) is 4.34. The quantitative estimate of drug-likeness (QED) is 0.497. The van der Waals surface area contributed by atoms with Crippen LogP contribution in [0.3, 0.4) is 0 Å². The van der Waals surface area contributed by atoms with Crippen molar-refractivity contribution < 1.29 is 8.42 Å². The molecule has 1 rings (SSSR count). The van der Waals surface area contributed by atoms with Crippen LogP contribution in [0.15, 0.2) is 34.2 Å². The van der Waals surface area contributed by atoms with Crippen molar-refractivity contribution in [2.45, 2.75) is 38.6 Å². The zero-order valence-corrected chi connectivity index (χ0v) is 14.3.